The summed E-state index contributed by atoms with van der Waals surface area (Å²) in [5, 5.41) is 0.733. The minimum atomic E-state index is -3.57. The van der Waals surface area contributed by atoms with E-state index in [1.807, 2.05) is 25.1 Å². The van der Waals surface area contributed by atoms with Crippen LogP contribution in [0.5, 0.6) is 5.75 Å². The third kappa shape index (κ3) is 8.13. The summed E-state index contributed by atoms with van der Waals surface area (Å²) in [6.07, 6.45) is 12.0. The lowest BCUT2D eigenvalue weighted by atomic mass is 9.68. The number of hydrogen-bond donors (Lipinski definition) is 1. The van der Waals surface area contributed by atoms with Crippen LogP contribution >= 0.6 is 11.6 Å². The van der Waals surface area contributed by atoms with Crippen LogP contribution in [0.1, 0.15) is 79.8 Å². The Morgan fingerprint density at radius 3 is 2.62 bits per heavy atom. The van der Waals surface area contributed by atoms with Gasteiger partial charge in [0.1, 0.15) is 21.8 Å². The van der Waals surface area contributed by atoms with Gasteiger partial charge in [0.25, 0.3) is 5.91 Å². The van der Waals surface area contributed by atoms with Gasteiger partial charge in [-0.25, -0.2) is 13.8 Å². The quantitative estimate of drug-likeness (QED) is 0.329. The summed E-state index contributed by atoms with van der Waals surface area (Å²) >= 11 is 6.47. The number of nitrogens with one attached hydrogen (secondary N) is 1. The van der Waals surface area contributed by atoms with Crippen molar-refractivity contribution in [3.63, 3.8) is 0 Å². The number of likely N-dealkylation sites (tertiary alicyclic amines) is 2. The fraction of sp³-hybridized carbons (Fsp3) is 0.595. The molecular weight excluding hydrogens is 754 g/mol. The van der Waals surface area contributed by atoms with Crippen LogP contribution in [0.2, 0.25) is 5.02 Å². The SMILES string of the molecule is CO[C@H]1/C=C\C[C@H](C)CS(=O)(NC(=O)N2CC(OC(=O)N3CCCCC3)C2)=NC(=O)c2ccc3c(c2)N(C[C@@H]2CC[C@H]21)C[C@@]1(CCCc2cc(Cl)ccc21)CO3. The molecule has 56 heavy (non-hydrogen) atoms. The molecule has 4 aliphatic heterocycles. The monoisotopic (exact) mass is 807 g/mol. The fourth-order valence-electron chi connectivity index (χ4n) is 9.54. The summed E-state index contributed by atoms with van der Waals surface area (Å²) in [7, 11) is -1.82. The normalized spacial score (nSPS) is 31.3. The van der Waals surface area contributed by atoms with Gasteiger partial charge in [0, 0.05) is 49.3 Å². The smallest absolute Gasteiger partial charge is 0.410 e. The Morgan fingerprint density at radius 1 is 1.04 bits per heavy atom. The summed E-state index contributed by atoms with van der Waals surface area (Å²) in [6.45, 7) is 5.60. The van der Waals surface area contributed by atoms with E-state index in [1.54, 1.807) is 18.1 Å². The number of hydrogen-bond acceptors (Lipinski definition) is 8. The molecule has 1 saturated carbocycles. The molecule has 302 valence electrons. The number of nitrogens with zero attached hydrogens (tertiary/aromatic N) is 4. The van der Waals surface area contributed by atoms with Crippen LogP contribution in [0, 0.1) is 17.8 Å². The van der Waals surface area contributed by atoms with Crippen LogP contribution in [-0.2, 0) is 31.2 Å². The lowest BCUT2D eigenvalue weighted by Gasteiger charge is -2.46. The minimum Gasteiger partial charge on any atom is -0.490 e. The van der Waals surface area contributed by atoms with E-state index >= 15 is 0 Å². The van der Waals surface area contributed by atoms with Crippen LogP contribution in [0.3, 0.4) is 0 Å². The maximum atomic E-state index is 14.6. The molecule has 4 heterocycles. The van der Waals surface area contributed by atoms with Gasteiger partial charge in [0.2, 0.25) is 0 Å². The highest BCUT2D eigenvalue weighted by Gasteiger charge is 2.45. The van der Waals surface area contributed by atoms with E-state index in [1.165, 1.54) is 16.0 Å². The summed E-state index contributed by atoms with van der Waals surface area (Å²) in [5.74, 6) is 0.527. The van der Waals surface area contributed by atoms with Gasteiger partial charge in [-0.3, -0.25) is 9.52 Å². The van der Waals surface area contributed by atoms with Crippen molar-refractivity contribution in [1.29, 1.82) is 0 Å². The van der Waals surface area contributed by atoms with E-state index in [4.69, 9.17) is 25.8 Å². The number of carbonyl (C=O) groups excluding carboxylic acids is 3. The molecule has 2 aliphatic carbocycles. The lowest BCUT2D eigenvalue weighted by Crippen LogP contribution is -2.59. The van der Waals surface area contributed by atoms with Gasteiger partial charge in [-0.15, -0.1) is 4.36 Å². The highest BCUT2D eigenvalue weighted by molar-refractivity contribution is 7.92. The van der Waals surface area contributed by atoms with Crippen molar-refractivity contribution in [2.45, 2.75) is 82.3 Å². The van der Waals surface area contributed by atoms with Crippen LogP contribution in [-0.4, -0.2) is 103 Å². The third-order valence-electron chi connectivity index (χ3n) is 12.8. The molecular formula is C42H54ClN5O7S. The molecule has 2 saturated heterocycles. The largest absolute Gasteiger partial charge is 0.490 e. The zero-order valence-electron chi connectivity index (χ0n) is 32.5. The second-order valence-corrected chi connectivity index (χ2v) is 19.3. The Kier molecular flexibility index (Phi) is 11.3. The zero-order chi connectivity index (χ0) is 39.0. The van der Waals surface area contributed by atoms with Crippen molar-refractivity contribution in [3.8, 4) is 5.75 Å². The number of aryl methyl sites for hydroxylation is 1. The number of benzene rings is 2. The van der Waals surface area contributed by atoms with Crippen molar-refractivity contribution in [2.24, 2.45) is 22.1 Å². The molecule has 12 nitrogen and oxygen atoms in total. The molecule has 4 amide bonds. The Bertz CT molecular complexity index is 1990. The molecule has 1 spiro atoms. The topological polar surface area (TPSA) is 130 Å². The third-order valence-corrected chi connectivity index (χ3v) is 15.0. The lowest BCUT2D eigenvalue weighted by molar-refractivity contribution is -0.00967. The summed E-state index contributed by atoms with van der Waals surface area (Å²) in [4.78, 5) is 45.8. The molecule has 3 fully saturated rings. The molecule has 2 aromatic carbocycles. The average molecular weight is 808 g/mol. The number of ether oxygens (including phenoxy) is 3. The number of methoxy groups -OCH3 is 1. The first-order valence-corrected chi connectivity index (χ1v) is 22.4. The van der Waals surface area contributed by atoms with Crippen molar-refractivity contribution >= 4 is 45.2 Å². The van der Waals surface area contributed by atoms with E-state index in [9.17, 15) is 18.6 Å². The second-order valence-electron chi connectivity index (χ2n) is 16.8. The van der Waals surface area contributed by atoms with E-state index in [0.29, 0.717) is 50.2 Å². The summed E-state index contributed by atoms with van der Waals surface area (Å²) in [5.41, 5.74) is 3.33. The fourth-order valence-corrected chi connectivity index (χ4v) is 11.6. The maximum absolute atomic E-state index is 14.6. The minimum absolute atomic E-state index is 0.0220. The summed E-state index contributed by atoms with van der Waals surface area (Å²) in [6, 6.07) is 10.9. The molecule has 2 bridgehead atoms. The van der Waals surface area contributed by atoms with Crippen molar-refractivity contribution in [2.75, 3.05) is 63.6 Å². The number of fused-ring (bicyclic) bond motifs is 4. The van der Waals surface area contributed by atoms with Gasteiger partial charge < -0.3 is 28.9 Å². The van der Waals surface area contributed by atoms with Gasteiger partial charge in [0.05, 0.1) is 37.2 Å². The van der Waals surface area contributed by atoms with E-state index < -0.39 is 28.0 Å². The first-order chi connectivity index (χ1) is 27.0. The molecule has 1 unspecified atom stereocenters. The van der Waals surface area contributed by atoms with Crippen LogP contribution in [0.25, 0.3) is 0 Å². The molecule has 6 atom stereocenters. The predicted octanol–water partition coefficient (Wildman–Crippen LogP) is 6.99. The molecule has 0 radical (unpaired) electrons. The number of piperidine rings is 1. The maximum Gasteiger partial charge on any atom is 0.410 e. The van der Waals surface area contributed by atoms with Crippen LogP contribution in [0.15, 0.2) is 52.9 Å². The molecule has 2 aromatic rings. The highest BCUT2D eigenvalue weighted by Crippen LogP contribution is 2.47. The van der Waals surface area contributed by atoms with Gasteiger partial charge in [-0.1, -0.05) is 36.7 Å². The Labute approximate surface area is 335 Å². The predicted molar refractivity (Wildman–Crippen MR) is 216 cm³/mol. The van der Waals surface area contributed by atoms with Gasteiger partial charge in [-0.05, 0) is 117 Å². The zero-order valence-corrected chi connectivity index (χ0v) is 34.0. The number of rotatable bonds is 3. The van der Waals surface area contributed by atoms with Gasteiger partial charge >= 0.3 is 12.1 Å². The number of urea groups is 1. The Hall–Kier alpha value is -3.81. The molecule has 8 rings (SSSR count). The van der Waals surface area contributed by atoms with Crippen LogP contribution in [0.4, 0.5) is 15.3 Å². The van der Waals surface area contributed by atoms with Gasteiger partial charge in [0.15, 0.2) is 0 Å². The molecule has 1 N–H and O–H groups in total. The van der Waals surface area contributed by atoms with E-state index in [-0.39, 0.29) is 47.9 Å². The average Bonchev–Trinajstić information content (AvgIpc) is 3.30. The summed E-state index contributed by atoms with van der Waals surface area (Å²) < 4.78 is 39.9. The molecule has 6 aliphatic rings. The Morgan fingerprint density at radius 2 is 1.86 bits per heavy atom. The Balaban J connectivity index is 1.08. The first kappa shape index (κ1) is 39.0. The van der Waals surface area contributed by atoms with Crippen molar-refractivity contribution in [1.82, 2.24) is 14.5 Å². The molecule has 14 heteroatoms. The van der Waals surface area contributed by atoms with Crippen molar-refractivity contribution < 1.29 is 32.8 Å². The number of carbonyl (C=O) groups is 3. The number of allylic oxidation sites excluding steroid dienone is 1. The van der Waals surface area contributed by atoms with Crippen molar-refractivity contribution in [3.05, 3.63) is 70.3 Å². The highest BCUT2D eigenvalue weighted by atomic mass is 35.5. The standard InChI is InChI=1S/C42H54ClN5O7S/c1-28-8-6-10-37(53-2)34-14-11-31(34)22-48-26-42(17-7-9-29-20-32(43)13-15-35(29)42)27-54-38-16-12-30(21-36(38)48)39(49)44-56(52,25-28)45-40(50)47-23-33(24-47)55-41(51)46-18-4-3-5-19-46/h6,10,12-13,15-16,20-21,28,31,33-34,37H,3-5,7-9,11,14,17-19,22-27H2,1-2H3,(H,44,45,49,50,52)/b10-6-/t28-,31-,34+,37-,42-,56?/m0/s1. The molecule has 0 aromatic heterocycles. The first-order valence-electron chi connectivity index (χ1n) is 20.3. The number of amides is 4. The number of halogens is 1. The van der Waals surface area contributed by atoms with E-state index in [0.717, 1.165) is 68.6 Å². The van der Waals surface area contributed by atoms with E-state index in [2.05, 4.69) is 38.3 Å². The van der Waals surface area contributed by atoms with Crippen LogP contribution < -0.4 is 14.4 Å². The number of anilines is 1. The second kappa shape index (κ2) is 16.2. The van der Waals surface area contributed by atoms with Gasteiger partial charge in [-0.2, -0.15) is 0 Å².